The highest BCUT2D eigenvalue weighted by molar-refractivity contribution is 8.00. The fourth-order valence-electron chi connectivity index (χ4n) is 4.89. The molecule has 3 aromatic rings. The van der Waals surface area contributed by atoms with E-state index in [2.05, 4.69) is 40.4 Å². The average Bonchev–Trinajstić information content (AvgIpc) is 3.09. The van der Waals surface area contributed by atoms with Crippen LogP contribution in [-0.4, -0.2) is 79.6 Å². The van der Waals surface area contributed by atoms with Crippen molar-refractivity contribution in [2.45, 2.75) is 80.4 Å². The summed E-state index contributed by atoms with van der Waals surface area (Å²) >= 11 is 1.33. The Kier molecular flexibility index (Phi) is 13.4. The molecule has 49 heavy (non-hydrogen) atoms. The van der Waals surface area contributed by atoms with E-state index in [-0.39, 0.29) is 27.0 Å². The smallest absolute Gasteiger partial charge is 0.338 e. The number of carbonyl (C=O) groups excluding carboxylic acids is 3. The zero-order chi connectivity index (χ0) is 35.6. The molecule has 1 aliphatic rings. The van der Waals surface area contributed by atoms with Gasteiger partial charge in [-0.3, -0.25) is 0 Å². The van der Waals surface area contributed by atoms with E-state index >= 15 is 0 Å². The summed E-state index contributed by atoms with van der Waals surface area (Å²) in [4.78, 5) is 40.6. The Labute approximate surface area is 294 Å². The molecule has 1 fully saturated rings. The topological polar surface area (TPSA) is 118 Å². The molecule has 1 unspecified atom stereocenters. The van der Waals surface area contributed by atoms with E-state index in [9.17, 15) is 19.5 Å². The summed E-state index contributed by atoms with van der Waals surface area (Å²) in [6.07, 6.45) is -2.78. The van der Waals surface area contributed by atoms with Gasteiger partial charge in [0.2, 0.25) is 0 Å². The summed E-state index contributed by atoms with van der Waals surface area (Å²) in [5.41, 5.74) is -0.203. The molecule has 262 valence electrons. The minimum absolute atomic E-state index is 0.0277. The highest BCUT2D eigenvalue weighted by atomic mass is 32.2. The fourth-order valence-corrected chi connectivity index (χ4v) is 7.41. The molecule has 0 radical (unpaired) electrons. The Morgan fingerprint density at radius 2 is 1.22 bits per heavy atom. The predicted molar refractivity (Wildman–Crippen MR) is 192 cm³/mol. The molecule has 9 nitrogen and oxygen atoms in total. The lowest BCUT2D eigenvalue weighted by Gasteiger charge is -2.45. The lowest BCUT2D eigenvalue weighted by atomic mass is 9.98. The van der Waals surface area contributed by atoms with Crippen molar-refractivity contribution >= 4 is 38.0 Å². The van der Waals surface area contributed by atoms with Crippen molar-refractivity contribution in [3.8, 4) is 0 Å². The van der Waals surface area contributed by atoms with Gasteiger partial charge in [0.15, 0.2) is 26.6 Å². The average molecular weight is 707 g/mol. The van der Waals surface area contributed by atoms with Crippen LogP contribution in [0.5, 0.6) is 0 Å². The van der Waals surface area contributed by atoms with Gasteiger partial charge >= 0.3 is 17.9 Å². The first-order chi connectivity index (χ1) is 23.3. The number of benzene rings is 3. The highest BCUT2D eigenvalue weighted by Gasteiger charge is 2.53. The molecule has 0 bridgehead atoms. The predicted octanol–water partition coefficient (Wildman–Crippen LogP) is 7.08. The van der Waals surface area contributed by atoms with E-state index < -0.39 is 62.7 Å². The molecule has 1 saturated heterocycles. The SMILES string of the molecule is C=CCC(CO[Si](C)(C)C(C)(C)C)S[C@H]1O[C@H](CO)[C@H](OC(=O)c2ccccc2)[C@H](OC(=O)c2ccccc2)[C@H]1OC(=O)c1ccccc1. The second-order valence-corrected chi connectivity index (χ2v) is 19.5. The van der Waals surface area contributed by atoms with Gasteiger partial charge in [0.25, 0.3) is 0 Å². The maximum atomic E-state index is 13.6. The number of hydrogen-bond donors (Lipinski definition) is 1. The third kappa shape index (κ3) is 10.1. The second kappa shape index (κ2) is 17.3. The lowest BCUT2D eigenvalue weighted by molar-refractivity contribution is -0.207. The van der Waals surface area contributed by atoms with Crippen LogP contribution < -0.4 is 0 Å². The Morgan fingerprint density at radius 1 is 0.796 bits per heavy atom. The number of ether oxygens (including phenoxy) is 4. The van der Waals surface area contributed by atoms with Crippen molar-refractivity contribution in [2.75, 3.05) is 13.2 Å². The first kappa shape index (κ1) is 38.1. The van der Waals surface area contributed by atoms with Crippen molar-refractivity contribution in [3.05, 3.63) is 120 Å². The largest absolute Gasteiger partial charge is 0.452 e. The van der Waals surface area contributed by atoms with Crippen molar-refractivity contribution in [1.29, 1.82) is 0 Å². The Hall–Kier alpha value is -3.74. The van der Waals surface area contributed by atoms with E-state index in [1.165, 1.54) is 11.8 Å². The first-order valence-corrected chi connectivity index (χ1v) is 20.1. The normalized spacial score (nSPS) is 21.6. The van der Waals surface area contributed by atoms with Crippen LogP contribution in [0.2, 0.25) is 18.1 Å². The number of esters is 3. The van der Waals surface area contributed by atoms with Crippen molar-refractivity contribution in [2.24, 2.45) is 0 Å². The van der Waals surface area contributed by atoms with Gasteiger partial charge in [-0.05, 0) is 61.0 Å². The molecule has 1 heterocycles. The van der Waals surface area contributed by atoms with Gasteiger partial charge in [0, 0.05) is 11.9 Å². The van der Waals surface area contributed by atoms with Crippen LogP contribution in [0.3, 0.4) is 0 Å². The van der Waals surface area contributed by atoms with E-state index in [1.807, 2.05) is 0 Å². The molecule has 0 saturated carbocycles. The number of allylic oxidation sites excluding steroid dienone is 1. The summed E-state index contributed by atoms with van der Waals surface area (Å²) in [5, 5.41) is 10.4. The van der Waals surface area contributed by atoms with Crippen molar-refractivity contribution in [1.82, 2.24) is 0 Å². The van der Waals surface area contributed by atoms with E-state index in [4.69, 9.17) is 23.4 Å². The summed E-state index contributed by atoms with van der Waals surface area (Å²) in [7, 11) is -2.15. The monoisotopic (exact) mass is 706 g/mol. The van der Waals surface area contributed by atoms with Gasteiger partial charge in [-0.25, -0.2) is 14.4 Å². The van der Waals surface area contributed by atoms with Gasteiger partial charge in [0.05, 0.1) is 23.3 Å². The molecule has 1 aliphatic heterocycles. The van der Waals surface area contributed by atoms with E-state index in [0.29, 0.717) is 13.0 Å². The molecular weight excluding hydrogens is 661 g/mol. The summed E-state index contributed by atoms with van der Waals surface area (Å²) in [6.45, 7) is 14.5. The third-order valence-corrected chi connectivity index (χ3v) is 14.6. The molecule has 4 rings (SSSR count). The summed E-state index contributed by atoms with van der Waals surface area (Å²) < 4.78 is 31.2. The van der Waals surface area contributed by atoms with Gasteiger partial charge in [0.1, 0.15) is 11.5 Å². The molecule has 1 N–H and O–H groups in total. The van der Waals surface area contributed by atoms with Crippen LogP contribution in [-0.2, 0) is 23.4 Å². The fraction of sp³-hybridized carbons (Fsp3) is 0.395. The molecule has 0 amide bonds. The molecule has 0 aromatic heterocycles. The quantitative estimate of drug-likeness (QED) is 0.0807. The maximum Gasteiger partial charge on any atom is 0.338 e. The van der Waals surface area contributed by atoms with E-state index in [1.54, 1.807) is 97.1 Å². The van der Waals surface area contributed by atoms with Gasteiger partial charge in [-0.1, -0.05) is 81.4 Å². The zero-order valence-electron chi connectivity index (χ0n) is 28.7. The number of rotatable bonds is 14. The third-order valence-electron chi connectivity index (χ3n) is 8.72. The van der Waals surface area contributed by atoms with Gasteiger partial charge < -0.3 is 28.5 Å². The molecule has 0 aliphatic carbocycles. The van der Waals surface area contributed by atoms with E-state index in [0.717, 1.165) is 0 Å². The van der Waals surface area contributed by atoms with Crippen LogP contribution in [0.15, 0.2) is 104 Å². The summed E-state index contributed by atoms with van der Waals surface area (Å²) in [6, 6.07) is 25.0. The van der Waals surface area contributed by atoms with Gasteiger partial charge in [-0.15, -0.1) is 18.3 Å². The molecule has 0 spiro atoms. The minimum Gasteiger partial charge on any atom is -0.452 e. The second-order valence-electron chi connectivity index (χ2n) is 13.3. The van der Waals surface area contributed by atoms with Crippen molar-refractivity contribution < 1.29 is 42.9 Å². The van der Waals surface area contributed by atoms with Crippen LogP contribution in [0.4, 0.5) is 0 Å². The first-order valence-electron chi connectivity index (χ1n) is 16.3. The minimum atomic E-state index is -2.15. The number of thioether (sulfide) groups is 1. The van der Waals surface area contributed by atoms with Crippen LogP contribution >= 0.6 is 11.8 Å². The Balaban J connectivity index is 1.75. The molecule has 6 atom stereocenters. The van der Waals surface area contributed by atoms with Crippen LogP contribution in [0.1, 0.15) is 58.3 Å². The standard InChI is InChI=1S/C38H46O9SSi/c1-7-17-29(25-43-49(5,6)38(2,3)4)48-37-33(47-36(42)28-22-15-10-16-23-28)32(46-35(41)27-20-13-9-14-21-27)31(30(24-39)44-37)45-34(40)26-18-11-8-12-19-26/h7-16,18-23,29-33,37,39H,1,17,24-25H2,2-6H3/t29?,30-,31+,32+,33-,37-/m1/s1. The summed E-state index contributed by atoms with van der Waals surface area (Å²) in [5.74, 6) is -2.13. The highest BCUT2D eigenvalue weighted by Crippen LogP contribution is 2.40. The molecule has 3 aromatic carbocycles. The number of aliphatic hydroxyl groups is 1. The number of aliphatic hydroxyl groups excluding tert-OH is 1. The zero-order valence-corrected chi connectivity index (χ0v) is 30.5. The van der Waals surface area contributed by atoms with Gasteiger partial charge in [-0.2, -0.15) is 0 Å². The number of hydrogen-bond acceptors (Lipinski definition) is 10. The van der Waals surface area contributed by atoms with Crippen LogP contribution in [0, 0.1) is 0 Å². The number of carbonyl (C=O) groups is 3. The lowest BCUT2D eigenvalue weighted by Crippen LogP contribution is -2.62. The van der Waals surface area contributed by atoms with Crippen molar-refractivity contribution in [3.63, 3.8) is 0 Å². The Morgan fingerprint density at radius 3 is 1.63 bits per heavy atom. The maximum absolute atomic E-state index is 13.6. The molecule has 11 heteroatoms. The Bertz CT molecular complexity index is 1530. The molecular formula is C38H46O9SSi. The van der Waals surface area contributed by atoms with Crippen LogP contribution in [0.25, 0.3) is 0 Å².